The van der Waals surface area contributed by atoms with E-state index in [1.165, 1.54) is 0 Å². The first-order valence-electron chi connectivity index (χ1n) is 6.76. The smallest absolute Gasteiger partial charge is 0.238 e. The molecular weight excluding hydrogens is 254 g/mol. The third-order valence-electron chi connectivity index (χ3n) is 3.04. The van der Waals surface area contributed by atoms with Crippen LogP contribution in [0, 0.1) is 6.92 Å². The van der Waals surface area contributed by atoms with Gasteiger partial charge in [0.25, 0.3) is 0 Å². The Kier molecular flexibility index (Phi) is 6.18. The summed E-state index contributed by atoms with van der Waals surface area (Å²) >= 11 is 0. The number of para-hydroxylation sites is 1. The SMILES string of the molecule is CNC(=O)CNCC(=O)Nc1c(C)cccc1C(C)C. The fourth-order valence-corrected chi connectivity index (χ4v) is 1.90. The second-order valence-corrected chi connectivity index (χ2v) is 5.02. The molecule has 3 N–H and O–H groups in total. The molecule has 0 heterocycles. The van der Waals surface area contributed by atoms with Gasteiger partial charge >= 0.3 is 0 Å². The maximum Gasteiger partial charge on any atom is 0.238 e. The predicted molar refractivity (Wildman–Crippen MR) is 80.8 cm³/mol. The van der Waals surface area contributed by atoms with Crippen LogP contribution in [0.2, 0.25) is 0 Å². The topological polar surface area (TPSA) is 70.2 Å². The number of hydrogen-bond donors (Lipinski definition) is 3. The van der Waals surface area contributed by atoms with Crippen molar-refractivity contribution in [1.82, 2.24) is 10.6 Å². The molecule has 2 amide bonds. The normalized spacial score (nSPS) is 10.4. The number of hydrogen-bond acceptors (Lipinski definition) is 3. The lowest BCUT2D eigenvalue weighted by atomic mass is 9.98. The summed E-state index contributed by atoms with van der Waals surface area (Å²) in [5.74, 6) is 0.0469. The first-order chi connectivity index (χ1) is 9.45. The number of benzene rings is 1. The maximum absolute atomic E-state index is 11.9. The number of carbonyl (C=O) groups is 2. The van der Waals surface area contributed by atoms with Crippen molar-refractivity contribution in [2.45, 2.75) is 26.7 Å². The van der Waals surface area contributed by atoms with Crippen LogP contribution in [0.5, 0.6) is 0 Å². The molecule has 0 aliphatic rings. The highest BCUT2D eigenvalue weighted by molar-refractivity contribution is 5.94. The minimum Gasteiger partial charge on any atom is -0.358 e. The molecule has 0 atom stereocenters. The molecule has 5 heteroatoms. The molecule has 1 rings (SSSR count). The zero-order chi connectivity index (χ0) is 15.1. The van der Waals surface area contributed by atoms with Crippen LogP contribution in [-0.4, -0.2) is 32.0 Å². The van der Waals surface area contributed by atoms with Crippen molar-refractivity contribution < 1.29 is 9.59 Å². The first-order valence-corrected chi connectivity index (χ1v) is 6.76. The summed E-state index contributed by atoms with van der Waals surface area (Å²) in [7, 11) is 1.56. The molecule has 0 saturated heterocycles. The van der Waals surface area contributed by atoms with E-state index in [0.29, 0.717) is 5.92 Å². The van der Waals surface area contributed by atoms with E-state index >= 15 is 0 Å². The van der Waals surface area contributed by atoms with E-state index in [2.05, 4.69) is 29.8 Å². The molecule has 0 unspecified atom stereocenters. The lowest BCUT2D eigenvalue weighted by Crippen LogP contribution is -2.36. The molecule has 0 radical (unpaired) electrons. The van der Waals surface area contributed by atoms with Crippen LogP contribution in [0.25, 0.3) is 0 Å². The molecule has 0 fully saturated rings. The van der Waals surface area contributed by atoms with Gasteiger partial charge in [-0.3, -0.25) is 14.9 Å². The van der Waals surface area contributed by atoms with Gasteiger partial charge in [-0.05, 0) is 24.0 Å². The largest absolute Gasteiger partial charge is 0.358 e. The summed E-state index contributed by atoms with van der Waals surface area (Å²) in [5.41, 5.74) is 3.02. The lowest BCUT2D eigenvalue weighted by Gasteiger charge is -2.16. The molecule has 0 aromatic heterocycles. The fourth-order valence-electron chi connectivity index (χ4n) is 1.90. The lowest BCUT2D eigenvalue weighted by molar-refractivity contribution is -0.119. The van der Waals surface area contributed by atoms with Crippen LogP contribution in [-0.2, 0) is 9.59 Å². The molecule has 20 heavy (non-hydrogen) atoms. The quantitative estimate of drug-likeness (QED) is 0.736. The Hall–Kier alpha value is -1.88. The number of likely N-dealkylation sites (N-methyl/N-ethyl adjacent to an activating group) is 1. The number of carbonyl (C=O) groups excluding carboxylic acids is 2. The number of rotatable bonds is 6. The maximum atomic E-state index is 11.9. The molecule has 1 aromatic carbocycles. The molecule has 0 aliphatic carbocycles. The molecule has 110 valence electrons. The number of anilines is 1. The third-order valence-corrected chi connectivity index (χ3v) is 3.04. The molecular formula is C15H23N3O2. The monoisotopic (exact) mass is 277 g/mol. The van der Waals surface area contributed by atoms with E-state index in [-0.39, 0.29) is 24.9 Å². The Morgan fingerprint density at radius 3 is 2.40 bits per heavy atom. The van der Waals surface area contributed by atoms with Crippen molar-refractivity contribution in [3.05, 3.63) is 29.3 Å². The van der Waals surface area contributed by atoms with E-state index < -0.39 is 0 Å². The van der Waals surface area contributed by atoms with E-state index in [9.17, 15) is 9.59 Å². The minimum absolute atomic E-state index is 0.110. The Labute approximate surface area is 120 Å². The standard InChI is InChI=1S/C15H23N3O2/c1-10(2)12-7-5-6-11(3)15(12)18-14(20)9-17-8-13(19)16-4/h5-7,10,17H,8-9H2,1-4H3,(H,16,19)(H,18,20). The summed E-state index contributed by atoms with van der Waals surface area (Å²) in [4.78, 5) is 22.9. The van der Waals surface area contributed by atoms with Gasteiger partial charge in [0.15, 0.2) is 0 Å². The zero-order valence-electron chi connectivity index (χ0n) is 12.5. The van der Waals surface area contributed by atoms with Crippen molar-refractivity contribution >= 4 is 17.5 Å². The van der Waals surface area contributed by atoms with Gasteiger partial charge in [-0.2, -0.15) is 0 Å². The number of nitrogens with one attached hydrogen (secondary N) is 3. The van der Waals surface area contributed by atoms with E-state index in [0.717, 1.165) is 16.8 Å². The zero-order valence-corrected chi connectivity index (χ0v) is 12.5. The van der Waals surface area contributed by atoms with E-state index in [1.807, 2.05) is 25.1 Å². The predicted octanol–water partition coefficient (Wildman–Crippen LogP) is 1.39. The highest BCUT2D eigenvalue weighted by atomic mass is 16.2. The second kappa shape index (κ2) is 7.65. The second-order valence-electron chi connectivity index (χ2n) is 5.02. The Morgan fingerprint density at radius 2 is 1.80 bits per heavy atom. The van der Waals surface area contributed by atoms with Gasteiger partial charge in [0, 0.05) is 12.7 Å². The van der Waals surface area contributed by atoms with E-state index in [1.54, 1.807) is 7.05 Å². The van der Waals surface area contributed by atoms with Crippen molar-refractivity contribution in [3.63, 3.8) is 0 Å². The molecule has 0 spiro atoms. The molecule has 0 saturated carbocycles. The van der Waals surface area contributed by atoms with Crippen LogP contribution in [0.15, 0.2) is 18.2 Å². The van der Waals surface area contributed by atoms with Crippen molar-refractivity contribution in [2.75, 3.05) is 25.5 Å². The molecule has 0 aliphatic heterocycles. The van der Waals surface area contributed by atoms with Gasteiger partial charge in [-0.25, -0.2) is 0 Å². The molecule has 5 nitrogen and oxygen atoms in total. The molecule has 1 aromatic rings. The number of amides is 2. The van der Waals surface area contributed by atoms with Crippen LogP contribution in [0.1, 0.15) is 30.9 Å². The highest BCUT2D eigenvalue weighted by Gasteiger charge is 2.11. The first kappa shape index (κ1) is 16.2. The summed E-state index contributed by atoms with van der Waals surface area (Å²) in [5, 5.41) is 8.21. The van der Waals surface area contributed by atoms with Gasteiger partial charge in [0.1, 0.15) is 0 Å². The highest BCUT2D eigenvalue weighted by Crippen LogP contribution is 2.27. The molecule has 0 bridgehead atoms. The van der Waals surface area contributed by atoms with Gasteiger partial charge in [-0.15, -0.1) is 0 Å². The Morgan fingerprint density at radius 1 is 1.15 bits per heavy atom. The van der Waals surface area contributed by atoms with Crippen LogP contribution < -0.4 is 16.0 Å². The van der Waals surface area contributed by atoms with Crippen molar-refractivity contribution in [1.29, 1.82) is 0 Å². The summed E-state index contributed by atoms with van der Waals surface area (Å²) < 4.78 is 0. The summed E-state index contributed by atoms with van der Waals surface area (Å²) in [6.45, 7) is 6.40. The van der Waals surface area contributed by atoms with Crippen LogP contribution in [0.4, 0.5) is 5.69 Å². The third kappa shape index (κ3) is 4.66. The van der Waals surface area contributed by atoms with Gasteiger partial charge in [-0.1, -0.05) is 32.0 Å². The number of aryl methyl sites for hydroxylation is 1. The average Bonchev–Trinajstić information content (AvgIpc) is 2.40. The van der Waals surface area contributed by atoms with Gasteiger partial charge < -0.3 is 10.6 Å². The summed E-state index contributed by atoms with van der Waals surface area (Å²) in [6, 6.07) is 5.98. The van der Waals surface area contributed by atoms with Crippen molar-refractivity contribution in [2.24, 2.45) is 0 Å². The van der Waals surface area contributed by atoms with Gasteiger partial charge in [0.2, 0.25) is 11.8 Å². The van der Waals surface area contributed by atoms with Crippen LogP contribution >= 0.6 is 0 Å². The average molecular weight is 277 g/mol. The minimum atomic E-state index is -0.148. The van der Waals surface area contributed by atoms with E-state index in [4.69, 9.17) is 0 Å². The summed E-state index contributed by atoms with van der Waals surface area (Å²) in [6.07, 6.45) is 0. The Bertz CT molecular complexity index is 484. The fraction of sp³-hybridized carbons (Fsp3) is 0.467. The van der Waals surface area contributed by atoms with Gasteiger partial charge in [0.05, 0.1) is 13.1 Å². The van der Waals surface area contributed by atoms with Crippen LogP contribution in [0.3, 0.4) is 0 Å². The van der Waals surface area contributed by atoms with Crippen molar-refractivity contribution in [3.8, 4) is 0 Å². The Balaban J connectivity index is 2.64.